The van der Waals surface area contributed by atoms with Gasteiger partial charge in [0.15, 0.2) is 0 Å². The van der Waals surface area contributed by atoms with E-state index in [1.165, 1.54) is 6.07 Å². The molecule has 0 aliphatic rings. The zero-order valence-electron chi connectivity index (χ0n) is 16.3. The molecule has 3 heterocycles. The Bertz CT molecular complexity index is 1200. The maximum atomic E-state index is 12.8. The second-order valence-corrected chi connectivity index (χ2v) is 6.80. The van der Waals surface area contributed by atoms with Gasteiger partial charge in [-0.1, -0.05) is 19.1 Å². The van der Waals surface area contributed by atoms with Crippen molar-refractivity contribution in [2.24, 2.45) is 0 Å². The second-order valence-electron chi connectivity index (χ2n) is 6.80. The van der Waals surface area contributed by atoms with Gasteiger partial charge in [0, 0.05) is 23.6 Å². The highest BCUT2D eigenvalue weighted by Gasteiger charge is 2.32. The van der Waals surface area contributed by atoms with Gasteiger partial charge in [-0.15, -0.1) is 0 Å². The molecular weight excluding hydrogens is 391 g/mol. The minimum Gasteiger partial charge on any atom is -0.338 e. The summed E-state index contributed by atoms with van der Waals surface area (Å²) in [6, 6.07) is 11.9. The molecule has 0 atom stereocenters. The van der Waals surface area contributed by atoms with E-state index in [9.17, 15) is 13.2 Å². The Kier molecular flexibility index (Phi) is 5.07. The molecule has 5 nitrogen and oxygen atoms in total. The summed E-state index contributed by atoms with van der Waals surface area (Å²) >= 11 is 0. The topological polar surface area (TPSA) is 63.6 Å². The fourth-order valence-corrected chi connectivity index (χ4v) is 3.14. The van der Waals surface area contributed by atoms with Crippen LogP contribution in [0.15, 0.2) is 54.9 Å². The van der Waals surface area contributed by atoms with Gasteiger partial charge in [0.2, 0.25) is 0 Å². The number of halogens is 3. The van der Waals surface area contributed by atoms with Crippen LogP contribution in [-0.4, -0.2) is 19.9 Å². The standard InChI is InChI=1S/C22H18F3N5/c1-3-19-29-17-11-14(20-13(2)5-4-10-26-20)6-8-16(17)21(30-19)28-15-7-9-18(27-12-15)22(23,24)25/h4-12H,3H2,1-2H3,(H,28,29,30). The fraction of sp³-hybridized carbons (Fsp3) is 0.182. The maximum Gasteiger partial charge on any atom is 0.433 e. The molecule has 4 rings (SSSR count). The first-order chi connectivity index (χ1) is 14.3. The van der Waals surface area contributed by atoms with Crippen LogP contribution in [-0.2, 0) is 12.6 Å². The van der Waals surface area contributed by atoms with Gasteiger partial charge in [-0.2, -0.15) is 13.2 Å². The predicted molar refractivity (Wildman–Crippen MR) is 109 cm³/mol. The molecule has 4 aromatic rings. The van der Waals surface area contributed by atoms with E-state index in [0.717, 1.165) is 40.0 Å². The maximum absolute atomic E-state index is 12.8. The molecule has 152 valence electrons. The van der Waals surface area contributed by atoms with Crippen LogP contribution in [0.4, 0.5) is 24.7 Å². The van der Waals surface area contributed by atoms with Crippen molar-refractivity contribution in [1.29, 1.82) is 0 Å². The Balaban J connectivity index is 1.75. The van der Waals surface area contributed by atoms with Crippen LogP contribution in [0, 0.1) is 6.92 Å². The number of nitrogens with one attached hydrogen (secondary N) is 1. The van der Waals surface area contributed by atoms with Gasteiger partial charge in [-0.05, 0) is 42.8 Å². The minimum atomic E-state index is -4.48. The van der Waals surface area contributed by atoms with Gasteiger partial charge < -0.3 is 5.32 Å². The Morgan fingerprint density at radius 2 is 1.83 bits per heavy atom. The van der Waals surface area contributed by atoms with Crippen molar-refractivity contribution in [3.05, 3.63) is 71.9 Å². The number of rotatable bonds is 4. The third kappa shape index (κ3) is 3.94. The van der Waals surface area contributed by atoms with E-state index in [4.69, 9.17) is 0 Å². The number of hydrogen-bond acceptors (Lipinski definition) is 5. The summed E-state index contributed by atoms with van der Waals surface area (Å²) in [4.78, 5) is 17.1. The number of pyridine rings is 2. The van der Waals surface area contributed by atoms with E-state index < -0.39 is 11.9 Å². The minimum absolute atomic E-state index is 0.412. The molecule has 30 heavy (non-hydrogen) atoms. The summed E-state index contributed by atoms with van der Waals surface area (Å²) in [5.74, 6) is 1.14. The number of anilines is 2. The van der Waals surface area contributed by atoms with Crippen LogP contribution in [0.3, 0.4) is 0 Å². The molecular formula is C22H18F3N5. The monoisotopic (exact) mass is 409 g/mol. The summed E-state index contributed by atoms with van der Waals surface area (Å²) in [5.41, 5.74) is 3.06. The first-order valence-electron chi connectivity index (χ1n) is 9.38. The van der Waals surface area contributed by atoms with Gasteiger partial charge in [-0.25, -0.2) is 15.0 Å². The van der Waals surface area contributed by atoms with Gasteiger partial charge in [0.1, 0.15) is 17.3 Å². The lowest BCUT2D eigenvalue weighted by atomic mass is 10.0. The van der Waals surface area contributed by atoms with Crippen molar-refractivity contribution in [3.8, 4) is 11.3 Å². The second kappa shape index (κ2) is 7.70. The van der Waals surface area contributed by atoms with E-state index in [1.807, 2.05) is 44.2 Å². The first-order valence-corrected chi connectivity index (χ1v) is 9.38. The van der Waals surface area contributed by atoms with Crippen LogP contribution < -0.4 is 5.32 Å². The number of benzene rings is 1. The van der Waals surface area contributed by atoms with Crippen LogP contribution >= 0.6 is 0 Å². The molecule has 0 aliphatic heterocycles. The molecule has 0 amide bonds. The summed E-state index contributed by atoms with van der Waals surface area (Å²) in [7, 11) is 0. The summed E-state index contributed by atoms with van der Waals surface area (Å²) in [5, 5.41) is 3.83. The molecule has 1 aromatic carbocycles. The number of aryl methyl sites for hydroxylation is 2. The summed E-state index contributed by atoms with van der Waals surface area (Å²) in [6.45, 7) is 3.94. The molecule has 0 fully saturated rings. The zero-order valence-corrected chi connectivity index (χ0v) is 16.3. The quantitative estimate of drug-likeness (QED) is 0.467. The van der Waals surface area contributed by atoms with Crippen LogP contribution in [0.5, 0.6) is 0 Å². The Hall–Kier alpha value is -3.55. The Morgan fingerprint density at radius 3 is 2.50 bits per heavy atom. The number of fused-ring (bicyclic) bond motifs is 1. The van der Waals surface area contributed by atoms with Gasteiger partial charge >= 0.3 is 6.18 Å². The molecule has 0 radical (unpaired) electrons. The number of nitrogens with zero attached hydrogens (tertiary/aromatic N) is 4. The highest BCUT2D eigenvalue weighted by molar-refractivity contribution is 5.93. The summed E-state index contributed by atoms with van der Waals surface area (Å²) < 4.78 is 38.3. The first kappa shape index (κ1) is 19.8. The number of alkyl halides is 3. The lowest BCUT2D eigenvalue weighted by Crippen LogP contribution is -2.08. The van der Waals surface area contributed by atoms with Crippen molar-refractivity contribution in [1.82, 2.24) is 19.9 Å². The van der Waals surface area contributed by atoms with Crippen LogP contribution in [0.1, 0.15) is 24.0 Å². The Morgan fingerprint density at radius 1 is 1.00 bits per heavy atom. The lowest BCUT2D eigenvalue weighted by Gasteiger charge is -2.12. The molecule has 0 spiro atoms. The van der Waals surface area contributed by atoms with Crippen molar-refractivity contribution < 1.29 is 13.2 Å². The lowest BCUT2D eigenvalue weighted by molar-refractivity contribution is -0.141. The van der Waals surface area contributed by atoms with Crippen LogP contribution in [0.2, 0.25) is 0 Å². The zero-order chi connectivity index (χ0) is 21.3. The molecule has 3 aromatic heterocycles. The van der Waals surface area contributed by atoms with E-state index in [-0.39, 0.29) is 0 Å². The predicted octanol–water partition coefficient (Wildman–Crippen LogP) is 5.72. The third-order valence-electron chi connectivity index (χ3n) is 4.66. The van der Waals surface area contributed by atoms with Crippen molar-refractivity contribution in [3.63, 3.8) is 0 Å². The van der Waals surface area contributed by atoms with Gasteiger partial charge in [0.05, 0.1) is 23.1 Å². The van der Waals surface area contributed by atoms with E-state index >= 15 is 0 Å². The normalized spacial score (nSPS) is 11.6. The van der Waals surface area contributed by atoms with Crippen molar-refractivity contribution in [2.75, 3.05) is 5.32 Å². The van der Waals surface area contributed by atoms with Gasteiger partial charge in [-0.3, -0.25) is 4.98 Å². The largest absolute Gasteiger partial charge is 0.433 e. The van der Waals surface area contributed by atoms with Crippen LogP contribution in [0.25, 0.3) is 22.2 Å². The molecule has 0 aliphatic carbocycles. The third-order valence-corrected chi connectivity index (χ3v) is 4.66. The smallest absolute Gasteiger partial charge is 0.338 e. The molecule has 0 unspecified atom stereocenters. The molecule has 0 saturated heterocycles. The summed E-state index contributed by atoms with van der Waals surface area (Å²) in [6.07, 6.45) is -0.971. The molecule has 8 heteroatoms. The number of aromatic nitrogens is 4. The average Bonchev–Trinajstić information content (AvgIpc) is 2.73. The molecule has 0 bridgehead atoms. The van der Waals surface area contributed by atoms with E-state index in [0.29, 0.717) is 23.8 Å². The van der Waals surface area contributed by atoms with Crippen molar-refractivity contribution in [2.45, 2.75) is 26.4 Å². The van der Waals surface area contributed by atoms with Gasteiger partial charge in [0.25, 0.3) is 0 Å². The SMILES string of the molecule is CCc1nc(Nc2ccc(C(F)(F)F)nc2)c2ccc(-c3ncccc3C)cc2n1. The average molecular weight is 409 g/mol. The molecule has 0 saturated carbocycles. The highest BCUT2D eigenvalue weighted by Crippen LogP contribution is 2.31. The number of hydrogen-bond donors (Lipinski definition) is 1. The highest BCUT2D eigenvalue weighted by atomic mass is 19.4. The molecule has 1 N–H and O–H groups in total. The van der Waals surface area contributed by atoms with Crippen molar-refractivity contribution >= 4 is 22.4 Å². The van der Waals surface area contributed by atoms with E-state index in [1.54, 1.807) is 6.20 Å². The fourth-order valence-electron chi connectivity index (χ4n) is 3.14. The van der Waals surface area contributed by atoms with E-state index in [2.05, 4.69) is 25.3 Å². The Labute approximate surface area is 171 Å².